The van der Waals surface area contributed by atoms with E-state index in [-0.39, 0.29) is 11.8 Å². The molecular formula is C27H24N2O3. The normalized spacial score (nSPS) is 15.6. The highest BCUT2D eigenvalue weighted by Gasteiger charge is 2.44. The molecule has 0 bridgehead atoms. The topological polar surface area (TPSA) is 49.9 Å². The van der Waals surface area contributed by atoms with Crippen LogP contribution in [0.5, 0.6) is 5.75 Å². The predicted molar refractivity (Wildman–Crippen MR) is 126 cm³/mol. The molecule has 0 unspecified atom stereocenters. The number of benzene rings is 3. The van der Waals surface area contributed by atoms with Crippen LogP contribution in [-0.4, -0.2) is 25.5 Å². The lowest BCUT2D eigenvalue weighted by atomic mass is 9.99. The zero-order chi connectivity index (χ0) is 22.4. The quantitative estimate of drug-likeness (QED) is 0.572. The molecule has 5 rings (SSSR count). The van der Waals surface area contributed by atoms with E-state index in [1.54, 1.807) is 31.4 Å². The predicted octanol–water partition coefficient (Wildman–Crippen LogP) is 4.66. The van der Waals surface area contributed by atoms with Gasteiger partial charge in [0, 0.05) is 12.2 Å². The molecule has 0 atom stereocenters. The largest absolute Gasteiger partial charge is 0.497 e. The van der Waals surface area contributed by atoms with Gasteiger partial charge in [-0.1, -0.05) is 36.4 Å². The van der Waals surface area contributed by atoms with E-state index in [4.69, 9.17) is 4.74 Å². The maximum atomic E-state index is 13.8. The van der Waals surface area contributed by atoms with E-state index in [0.717, 1.165) is 28.8 Å². The minimum absolute atomic E-state index is 0.301. The zero-order valence-electron chi connectivity index (χ0n) is 18.4. The van der Waals surface area contributed by atoms with Crippen molar-refractivity contribution in [1.82, 2.24) is 0 Å². The molecule has 0 N–H and O–H groups in total. The van der Waals surface area contributed by atoms with E-state index < -0.39 is 0 Å². The van der Waals surface area contributed by atoms with Crippen molar-refractivity contribution >= 4 is 28.8 Å². The lowest BCUT2D eigenvalue weighted by Gasteiger charge is -2.22. The molecule has 160 valence electrons. The Bertz CT molecular complexity index is 1270. The van der Waals surface area contributed by atoms with Crippen LogP contribution < -0.4 is 14.5 Å². The van der Waals surface area contributed by atoms with E-state index in [9.17, 15) is 9.59 Å². The van der Waals surface area contributed by atoms with E-state index in [1.165, 1.54) is 10.5 Å². The number of carbonyl (C=O) groups excluding carboxylic acids is 2. The highest BCUT2D eigenvalue weighted by molar-refractivity contribution is 6.46. The van der Waals surface area contributed by atoms with Gasteiger partial charge >= 0.3 is 0 Å². The number of aryl methyl sites for hydroxylation is 2. The van der Waals surface area contributed by atoms with Gasteiger partial charge in [-0.2, -0.15) is 0 Å². The molecule has 3 aromatic rings. The molecule has 0 radical (unpaired) electrons. The van der Waals surface area contributed by atoms with Gasteiger partial charge in [0.25, 0.3) is 11.8 Å². The Hall–Kier alpha value is -3.86. The number of hydrogen-bond acceptors (Lipinski definition) is 4. The molecule has 0 spiro atoms. The summed E-state index contributed by atoms with van der Waals surface area (Å²) in [6.07, 6.45) is 0.837. The summed E-state index contributed by atoms with van der Waals surface area (Å²) in [5.74, 6) is 0.0665. The fourth-order valence-electron chi connectivity index (χ4n) is 4.46. The highest BCUT2D eigenvalue weighted by atomic mass is 16.5. The van der Waals surface area contributed by atoms with Gasteiger partial charge in [0.15, 0.2) is 0 Å². The van der Waals surface area contributed by atoms with Gasteiger partial charge in [-0.25, -0.2) is 4.90 Å². The average molecular weight is 425 g/mol. The Labute approximate surface area is 187 Å². The minimum Gasteiger partial charge on any atom is -0.497 e. The third kappa shape index (κ3) is 3.09. The van der Waals surface area contributed by atoms with Crippen molar-refractivity contribution in [2.24, 2.45) is 0 Å². The van der Waals surface area contributed by atoms with Crippen LogP contribution in [0.25, 0.3) is 5.57 Å². The van der Waals surface area contributed by atoms with Crippen LogP contribution in [-0.2, 0) is 16.0 Å². The monoisotopic (exact) mass is 424 g/mol. The Morgan fingerprint density at radius 3 is 2.31 bits per heavy atom. The van der Waals surface area contributed by atoms with Crippen molar-refractivity contribution in [2.45, 2.75) is 20.3 Å². The Balaban J connectivity index is 1.67. The number of methoxy groups -OCH3 is 1. The lowest BCUT2D eigenvalue weighted by molar-refractivity contribution is -0.120. The molecule has 2 aliphatic rings. The molecule has 2 heterocycles. The van der Waals surface area contributed by atoms with Crippen LogP contribution in [0.4, 0.5) is 11.4 Å². The van der Waals surface area contributed by atoms with E-state index >= 15 is 0 Å². The molecule has 0 fully saturated rings. The van der Waals surface area contributed by atoms with Crippen LogP contribution in [0.1, 0.15) is 22.3 Å². The summed E-state index contributed by atoms with van der Waals surface area (Å²) in [6.45, 7) is 4.72. The van der Waals surface area contributed by atoms with Gasteiger partial charge in [-0.05, 0) is 72.9 Å². The molecule has 5 heteroatoms. The number of fused-ring (bicyclic) bond motifs is 1. The molecule has 0 aliphatic carbocycles. The van der Waals surface area contributed by atoms with Crippen LogP contribution in [0.3, 0.4) is 0 Å². The van der Waals surface area contributed by atoms with Crippen molar-refractivity contribution in [3.05, 3.63) is 94.7 Å². The third-order valence-corrected chi connectivity index (χ3v) is 6.34. The number of hydrogen-bond donors (Lipinski definition) is 0. The summed E-state index contributed by atoms with van der Waals surface area (Å²) in [5.41, 5.74) is 6.59. The van der Waals surface area contributed by atoms with Gasteiger partial charge < -0.3 is 9.64 Å². The second-order valence-corrected chi connectivity index (χ2v) is 8.20. The van der Waals surface area contributed by atoms with Crippen molar-refractivity contribution in [1.29, 1.82) is 0 Å². The molecule has 3 aromatic carbocycles. The summed E-state index contributed by atoms with van der Waals surface area (Å²) in [7, 11) is 1.59. The number of rotatable bonds is 4. The standard InChI is InChI=1S/C27H24N2O3/c1-17-8-9-20(16-18(17)2)24-25(28-15-14-19-6-4-5-7-23(19)28)27(31)29(26(24)30)21-10-12-22(32-3)13-11-21/h4-13,16H,14-15H2,1-3H3. The average Bonchev–Trinajstić information content (AvgIpc) is 3.34. The molecule has 0 saturated heterocycles. The third-order valence-electron chi connectivity index (χ3n) is 6.34. The fraction of sp³-hybridized carbons (Fsp3) is 0.185. The summed E-state index contributed by atoms with van der Waals surface area (Å²) in [6, 6.07) is 21.0. The Morgan fingerprint density at radius 1 is 0.844 bits per heavy atom. The number of nitrogens with zero attached hydrogens (tertiary/aromatic N) is 2. The van der Waals surface area contributed by atoms with E-state index in [0.29, 0.717) is 29.3 Å². The van der Waals surface area contributed by atoms with Gasteiger partial charge in [0.2, 0.25) is 0 Å². The minimum atomic E-state index is -0.303. The Kier molecular flexibility index (Phi) is 4.82. The van der Waals surface area contributed by atoms with Gasteiger partial charge in [-0.15, -0.1) is 0 Å². The molecule has 2 aliphatic heterocycles. The number of para-hydroxylation sites is 1. The van der Waals surface area contributed by atoms with Crippen LogP contribution in [0, 0.1) is 13.8 Å². The summed E-state index contributed by atoms with van der Waals surface area (Å²) in [5, 5.41) is 0. The number of imide groups is 1. The number of ether oxygens (including phenoxy) is 1. The van der Waals surface area contributed by atoms with Gasteiger partial charge in [0.1, 0.15) is 11.4 Å². The van der Waals surface area contributed by atoms with Crippen LogP contribution in [0.2, 0.25) is 0 Å². The fourth-order valence-corrected chi connectivity index (χ4v) is 4.46. The first-order valence-electron chi connectivity index (χ1n) is 10.7. The molecule has 2 amide bonds. The first-order valence-corrected chi connectivity index (χ1v) is 10.7. The maximum absolute atomic E-state index is 13.8. The molecular weight excluding hydrogens is 400 g/mol. The van der Waals surface area contributed by atoms with Crippen molar-refractivity contribution in [3.8, 4) is 5.75 Å². The van der Waals surface area contributed by atoms with Crippen molar-refractivity contribution in [2.75, 3.05) is 23.5 Å². The van der Waals surface area contributed by atoms with E-state index in [2.05, 4.69) is 6.07 Å². The lowest BCUT2D eigenvalue weighted by Crippen LogP contribution is -2.34. The number of anilines is 2. The number of amides is 2. The maximum Gasteiger partial charge on any atom is 0.282 e. The van der Waals surface area contributed by atoms with Gasteiger partial charge in [-0.3, -0.25) is 9.59 Å². The smallest absolute Gasteiger partial charge is 0.282 e. The van der Waals surface area contributed by atoms with Crippen LogP contribution >= 0.6 is 0 Å². The second kappa shape index (κ2) is 7.68. The summed E-state index contributed by atoms with van der Waals surface area (Å²) in [4.78, 5) is 30.8. The molecule has 5 nitrogen and oxygen atoms in total. The van der Waals surface area contributed by atoms with Crippen LogP contribution in [0.15, 0.2) is 72.4 Å². The molecule has 0 saturated carbocycles. The first-order chi connectivity index (χ1) is 15.5. The Morgan fingerprint density at radius 2 is 1.59 bits per heavy atom. The second-order valence-electron chi connectivity index (χ2n) is 8.20. The molecule has 32 heavy (non-hydrogen) atoms. The number of carbonyl (C=O) groups is 2. The summed E-state index contributed by atoms with van der Waals surface area (Å²) >= 11 is 0. The van der Waals surface area contributed by atoms with Crippen molar-refractivity contribution < 1.29 is 14.3 Å². The zero-order valence-corrected chi connectivity index (χ0v) is 18.4. The molecule has 0 aromatic heterocycles. The summed E-state index contributed by atoms with van der Waals surface area (Å²) < 4.78 is 5.23. The van der Waals surface area contributed by atoms with Gasteiger partial charge in [0.05, 0.1) is 18.4 Å². The highest BCUT2D eigenvalue weighted by Crippen LogP contribution is 2.40. The van der Waals surface area contributed by atoms with Crippen molar-refractivity contribution in [3.63, 3.8) is 0 Å². The SMILES string of the molecule is COc1ccc(N2C(=O)C(c3ccc(C)c(C)c3)=C(N3CCc4ccccc43)C2=O)cc1. The first kappa shape index (κ1) is 20.1. The van der Waals surface area contributed by atoms with E-state index in [1.807, 2.05) is 55.1 Å².